The van der Waals surface area contributed by atoms with Crippen molar-refractivity contribution >= 4 is 34.8 Å². The van der Waals surface area contributed by atoms with Gasteiger partial charge in [0.15, 0.2) is 0 Å². The summed E-state index contributed by atoms with van der Waals surface area (Å²) in [6.07, 6.45) is 1.28. The molecule has 0 aliphatic carbocycles. The molecule has 1 aromatic rings. The minimum atomic E-state index is -0.701. The molecular formula is C17H25ClN4O2. The summed E-state index contributed by atoms with van der Waals surface area (Å²) in [6.45, 7) is 7.72. The molecular weight excluding hydrogens is 328 g/mol. The number of hydrogen-bond acceptors (Lipinski definition) is 4. The van der Waals surface area contributed by atoms with Crippen molar-refractivity contribution in [3.8, 4) is 0 Å². The summed E-state index contributed by atoms with van der Waals surface area (Å²) in [7, 11) is 0. The van der Waals surface area contributed by atoms with E-state index in [2.05, 4.69) is 5.32 Å². The van der Waals surface area contributed by atoms with E-state index in [0.717, 1.165) is 0 Å². The van der Waals surface area contributed by atoms with Crippen LogP contribution in [0, 0.1) is 0 Å². The summed E-state index contributed by atoms with van der Waals surface area (Å²) in [5.41, 5.74) is 11.6. The molecule has 132 valence electrons. The molecule has 0 saturated carbocycles. The minimum Gasteiger partial charge on any atom is -0.398 e. The summed E-state index contributed by atoms with van der Waals surface area (Å²) in [6, 6.07) is 4.70. The zero-order valence-electron chi connectivity index (χ0n) is 14.5. The van der Waals surface area contributed by atoms with Crippen LogP contribution in [0.4, 0.5) is 11.4 Å². The second kappa shape index (κ2) is 6.26. The predicted octanol–water partition coefficient (Wildman–Crippen LogP) is 2.37. The Morgan fingerprint density at radius 3 is 2.25 bits per heavy atom. The molecule has 2 amide bonds. The first-order chi connectivity index (χ1) is 10.9. The number of nitrogens with zero attached hydrogens (tertiary/aromatic N) is 1. The van der Waals surface area contributed by atoms with Crippen molar-refractivity contribution in [2.75, 3.05) is 11.1 Å². The van der Waals surface area contributed by atoms with E-state index in [0.29, 0.717) is 29.2 Å². The molecule has 0 radical (unpaired) electrons. The quantitative estimate of drug-likeness (QED) is 0.533. The molecule has 1 aromatic carbocycles. The van der Waals surface area contributed by atoms with Crippen LogP contribution in [0.1, 0.15) is 40.5 Å². The highest BCUT2D eigenvalue weighted by Gasteiger charge is 2.48. The molecule has 0 unspecified atom stereocenters. The van der Waals surface area contributed by atoms with E-state index in [1.165, 1.54) is 6.07 Å². The number of carbonyl (C=O) groups excluding carboxylic acids is 2. The van der Waals surface area contributed by atoms with Crippen molar-refractivity contribution in [1.29, 1.82) is 0 Å². The number of nitrogens with one attached hydrogen (secondary N) is 1. The van der Waals surface area contributed by atoms with Crippen molar-refractivity contribution < 1.29 is 9.59 Å². The average Bonchev–Trinajstić information content (AvgIpc) is 2.39. The monoisotopic (exact) mass is 352 g/mol. The molecule has 1 fully saturated rings. The van der Waals surface area contributed by atoms with Gasteiger partial charge in [0.2, 0.25) is 0 Å². The lowest BCUT2D eigenvalue weighted by molar-refractivity contribution is -0.156. The van der Waals surface area contributed by atoms with Gasteiger partial charge in [-0.15, -0.1) is 0 Å². The highest BCUT2D eigenvalue weighted by molar-refractivity contribution is 6.40. The van der Waals surface area contributed by atoms with Gasteiger partial charge in [-0.25, -0.2) is 0 Å². The van der Waals surface area contributed by atoms with Crippen molar-refractivity contribution in [3.05, 3.63) is 23.2 Å². The Labute approximate surface area is 147 Å². The van der Waals surface area contributed by atoms with E-state index < -0.39 is 22.9 Å². The van der Waals surface area contributed by atoms with Gasteiger partial charge in [-0.3, -0.25) is 9.59 Å². The second-order valence-electron chi connectivity index (χ2n) is 7.62. The largest absolute Gasteiger partial charge is 0.398 e. The topological polar surface area (TPSA) is 101 Å². The highest BCUT2D eigenvalue weighted by atomic mass is 35.5. The Kier molecular flexibility index (Phi) is 4.84. The Morgan fingerprint density at radius 2 is 1.75 bits per heavy atom. The van der Waals surface area contributed by atoms with Gasteiger partial charge in [-0.05, 0) is 58.7 Å². The molecule has 7 heteroatoms. The average molecular weight is 353 g/mol. The zero-order chi connectivity index (χ0) is 18.3. The van der Waals surface area contributed by atoms with Crippen LogP contribution in [-0.2, 0) is 9.59 Å². The number of halogens is 1. The molecule has 0 atom stereocenters. The van der Waals surface area contributed by atoms with E-state index >= 15 is 0 Å². The third-order valence-corrected chi connectivity index (χ3v) is 4.72. The number of carbonyl (C=O) groups is 2. The molecule has 0 bridgehead atoms. The van der Waals surface area contributed by atoms with Crippen LogP contribution in [0.15, 0.2) is 18.2 Å². The third-order valence-electron chi connectivity index (χ3n) is 4.39. The first-order valence-electron chi connectivity index (χ1n) is 7.90. The van der Waals surface area contributed by atoms with E-state index in [4.69, 9.17) is 23.1 Å². The normalized spacial score (nSPS) is 19.8. The van der Waals surface area contributed by atoms with Gasteiger partial charge in [-0.1, -0.05) is 11.6 Å². The van der Waals surface area contributed by atoms with E-state index in [1.807, 2.05) is 27.7 Å². The summed E-state index contributed by atoms with van der Waals surface area (Å²) in [5.74, 6) is -1.28. The molecule has 1 heterocycles. The molecule has 2 rings (SSSR count). The fraction of sp³-hybridized carbons (Fsp3) is 0.529. The molecule has 1 aliphatic heterocycles. The second-order valence-corrected chi connectivity index (χ2v) is 8.03. The maximum Gasteiger partial charge on any atom is 0.313 e. The zero-order valence-corrected chi connectivity index (χ0v) is 15.3. The lowest BCUT2D eigenvalue weighted by Gasteiger charge is -2.54. The van der Waals surface area contributed by atoms with E-state index in [-0.39, 0.29) is 6.04 Å². The molecule has 1 aliphatic rings. The van der Waals surface area contributed by atoms with Gasteiger partial charge < -0.3 is 21.7 Å². The number of piperidine rings is 1. The minimum absolute atomic E-state index is 0.00184. The van der Waals surface area contributed by atoms with Crippen molar-refractivity contribution in [2.45, 2.75) is 57.7 Å². The highest BCUT2D eigenvalue weighted by Crippen LogP contribution is 2.38. The fourth-order valence-corrected chi connectivity index (χ4v) is 3.98. The Balaban J connectivity index is 2.22. The van der Waals surface area contributed by atoms with Gasteiger partial charge in [0.05, 0.1) is 10.7 Å². The van der Waals surface area contributed by atoms with Crippen LogP contribution < -0.4 is 16.8 Å². The summed E-state index contributed by atoms with van der Waals surface area (Å²) in [4.78, 5) is 26.9. The maximum absolute atomic E-state index is 12.8. The summed E-state index contributed by atoms with van der Waals surface area (Å²) >= 11 is 5.95. The molecule has 0 aromatic heterocycles. The fourth-order valence-electron chi connectivity index (χ4n) is 3.80. The van der Waals surface area contributed by atoms with E-state index in [1.54, 1.807) is 17.0 Å². The Morgan fingerprint density at radius 1 is 1.21 bits per heavy atom. The molecule has 0 spiro atoms. The molecule has 6 nitrogen and oxygen atoms in total. The van der Waals surface area contributed by atoms with Gasteiger partial charge in [-0.2, -0.15) is 0 Å². The van der Waals surface area contributed by atoms with Crippen molar-refractivity contribution in [2.24, 2.45) is 5.73 Å². The lowest BCUT2D eigenvalue weighted by Crippen LogP contribution is -2.66. The van der Waals surface area contributed by atoms with Gasteiger partial charge in [0, 0.05) is 22.8 Å². The van der Waals surface area contributed by atoms with Gasteiger partial charge in [0.1, 0.15) is 0 Å². The van der Waals surface area contributed by atoms with Crippen molar-refractivity contribution in [1.82, 2.24) is 4.90 Å². The van der Waals surface area contributed by atoms with Crippen molar-refractivity contribution in [3.63, 3.8) is 0 Å². The number of nitrogen functional groups attached to an aromatic ring is 1. The van der Waals surface area contributed by atoms with E-state index in [9.17, 15) is 9.59 Å². The van der Waals surface area contributed by atoms with Gasteiger partial charge >= 0.3 is 11.8 Å². The summed E-state index contributed by atoms with van der Waals surface area (Å²) < 4.78 is 0. The number of amides is 2. The van der Waals surface area contributed by atoms with Crippen LogP contribution in [0.2, 0.25) is 5.02 Å². The number of nitrogens with two attached hydrogens (primary N) is 2. The number of benzene rings is 1. The van der Waals surface area contributed by atoms with Crippen LogP contribution in [0.25, 0.3) is 0 Å². The molecule has 5 N–H and O–H groups in total. The number of rotatable bonds is 1. The Hall–Kier alpha value is -1.79. The smallest absolute Gasteiger partial charge is 0.313 e. The van der Waals surface area contributed by atoms with Gasteiger partial charge in [0.25, 0.3) is 0 Å². The number of likely N-dealkylation sites (tertiary alicyclic amines) is 1. The number of hydrogen-bond donors (Lipinski definition) is 3. The number of anilines is 2. The van der Waals surface area contributed by atoms with Crippen LogP contribution >= 0.6 is 11.6 Å². The SMILES string of the molecule is CC1(C)CC(N)CC(C)(C)N1C(=O)C(=O)Nc1ccc(N)c(Cl)c1. The lowest BCUT2D eigenvalue weighted by atomic mass is 9.77. The Bertz CT molecular complexity index is 655. The maximum atomic E-state index is 12.8. The standard InChI is InChI=1S/C17H25ClN4O2/c1-16(2)8-10(19)9-17(3,4)22(16)15(24)14(23)21-11-5-6-13(20)12(18)7-11/h5-7,10H,8-9,19-20H2,1-4H3,(H,21,23). The third kappa shape index (κ3) is 3.65. The molecule has 24 heavy (non-hydrogen) atoms. The predicted molar refractivity (Wildman–Crippen MR) is 96.7 cm³/mol. The summed E-state index contributed by atoms with van der Waals surface area (Å²) in [5, 5.41) is 2.92. The van der Waals surface area contributed by atoms with Crippen LogP contribution in [-0.4, -0.2) is 33.8 Å². The molecule has 1 saturated heterocycles. The first-order valence-corrected chi connectivity index (χ1v) is 8.28. The van der Waals surface area contributed by atoms with Crippen LogP contribution in [0.5, 0.6) is 0 Å². The first kappa shape index (κ1) is 18.5. The van der Waals surface area contributed by atoms with Crippen LogP contribution in [0.3, 0.4) is 0 Å².